The lowest BCUT2D eigenvalue weighted by atomic mass is 10.2. The van der Waals surface area contributed by atoms with Gasteiger partial charge >= 0.3 is 0 Å². The molecule has 0 saturated carbocycles. The summed E-state index contributed by atoms with van der Waals surface area (Å²) in [4.78, 5) is 6.81. The minimum atomic E-state index is -0.172. The van der Waals surface area contributed by atoms with Crippen molar-refractivity contribution in [2.75, 3.05) is 11.9 Å². The van der Waals surface area contributed by atoms with E-state index in [1.807, 2.05) is 13.1 Å². The maximum Gasteiger partial charge on any atom is 0.123 e. The number of halogens is 1. The first-order valence-electron chi connectivity index (χ1n) is 6.64. The molecule has 0 saturated heterocycles. The van der Waals surface area contributed by atoms with E-state index in [0.29, 0.717) is 0 Å². The molecule has 1 aromatic carbocycles. The van der Waals surface area contributed by atoms with Crippen LogP contribution in [0.5, 0.6) is 0 Å². The molecule has 2 aromatic rings. The molecule has 0 fully saturated rings. The topological polar surface area (TPSA) is 40.7 Å². The van der Waals surface area contributed by atoms with Gasteiger partial charge in [-0.15, -0.1) is 0 Å². The number of H-pyrrole nitrogens is 1. The number of aromatic amines is 1. The van der Waals surface area contributed by atoms with E-state index in [0.717, 1.165) is 30.6 Å². The van der Waals surface area contributed by atoms with Crippen molar-refractivity contribution in [1.82, 2.24) is 9.97 Å². The van der Waals surface area contributed by atoms with Crippen LogP contribution in [0.25, 0.3) is 0 Å². The monoisotopic (exact) mass is 263 g/mol. The highest BCUT2D eigenvalue weighted by Gasteiger charge is 1.97. The molecule has 0 radical (unpaired) electrons. The number of nitrogens with one attached hydrogen (secondary N) is 2. The molecule has 4 heteroatoms. The zero-order valence-electron chi connectivity index (χ0n) is 11.8. The molecular formula is C15H22FN3. The molecule has 0 aliphatic heterocycles. The van der Waals surface area contributed by atoms with Crippen molar-refractivity contribution in [2.45, 2.75) is 33.6 Å². The smallest absolute Gasteiger partial charge is 0.123 e. The first kappa shape index (κ1) is 15.2. The second-order valence-electron chi connectivity index (χ2n) is 4.32. The summed E-state index contributed by atoms with van der Waals surface area (Å²) in [6.45, 7) is 7.03. The number of benzene rings is 1. The van der Waals surface area contributed by atoms with E-state index >= 15 is 0 Å². The van der Waals surface area contributed by atoms with Gasteiger partial charge in [0.1, 0.15) is 5.82 Å². The number of rotatable bonds is 4. The fraction of sp³-hybridized carbons (Fsp3) is 0.400. The van der Waals surface area contributed by atoms with Crippen molar-refractivity contribution in [3.63, 3.8) is 0 Å². The molecule has 3 nitrogen and oxygen atoms in total. The zero-order chi connectivity index (χ0) is 14.1. The van der Waals surface area contributed by atoms with Gasteiger partial charge in [-0.05, 0) is 43.5 Å². The van der Waals surface area contributed by atoms with E-state index < -0.39 is 0 Å². The van der Waals surface area contributed by atoms with E-state index in [1.54, 1.807) is 12.4 Å². The fourth-order valence-electron chi connectivity index (χ4n) is 1.56. The van der Waals surface area contributed by atoms with E-state index in [2.05, 4.69) is 29.1 Å². The standard InChI is InChI=1S/C10H14FN.C5H8N2/c1-3-6-12-10-5-4-9(11)7-8(10)2;1-2-5-3-6-4-7-5/h4-5,7,12H,3,6H2,1-2H3;3-4H,2H2,1H3,(H,6,7). The number of nitrogens with zero attached hydrogens (tertiary/aromatic N) is 1. The van der Waals surface area contributed by atoms with Crippen molar-refractivity contribution in [1.29, 1.82) is 0 Å². The Hall–Kier alpha value is -1.84. The molecule has 0 aliphatic rings. The minimum Gasteiger partial charge on any atom is -0.385 e. The molecule has 0 atom stereocenters. The first-order chi connectivity index (χ1) is 9.17. The largest absolute Gasteiger partial charge is 0.385 e. The lowest BCUT2D eigenvalue weighted by Gasteiger charge is -2.07. The number of anilines is 1. The van der Waals surface area contributed by atoms with Crippen molar-refractivity contribution in [2.24, 2.45) is 0 Å². The average Bonchev–Trinajstić information content (AvgIpc) is 2.92. The van der Waals surface area contributed by atoms with E-state index in [1.165, 1.54) is 17.8 Å². The van der Waals surface area contributed by atoms with Gasteiger partial charge in [-0.3, -0.25) is 0 Å². The van der Waals surface area contributed by atoms with Crippen molar-refractivity contribution in [3.05, 3.63) is 47.8 Å². The Labute approximate surface area is 114 Å². The molecule has 0 spiro atoms. The molecule has 0 bridgehead atoms. The van der Waals surface area contributed by atoms with Crippen molar-refractivity contribution < 1.29 is 4.39 Å². The summed E-state index contributed by atoms with van der Waals surface area (Å²) in [6, 6.07) is 4.79. The third-order valence-electron chi connectivity index (χ3n) is 2.69. The molecule has 2 rings (SSSR count). The van der Waals surface area contributed by atoms with Crippen LogP contribution in [0.15, 0.2) is 30.7 Å². The third-order valence-corrected chi connectivity index (χ3v) is 2.69. The average molecular weight is 263 g/mol. The number of aromatic nitrogens is 2. The van der Waals surface area contributed by atoms with Crippen LogP contribution in [0.4, 0.5) is 10.1 Å². The summed E-state index contributed by atoms with van der Waals surface area (Å²) in [5.41, 5.74) is 3.18. The molecule has 19 heavy (non-hydrogen) atoms. The van der Waals surface area contributed by atoms with Gasteiger partial charge in [-0.2, -0.15) is 0 Å². The van der Waals surface area contributed by atoms with Crippen molar-refractivity contribution >= 4 is 5.69 Å². The highest BCUT2D eigenvalue weighted by atomic mass is 19.1. The van der Waals surface area contributed by atoms with Gasteiger partial charge in [0.05, 0.1) is 6.33 Å². The number of hydrogen-bond acceptors (Lipinski definition) is 2. The summed E-state index contributed by atoms with van der Waals surface area (Å²) < 4.78 is 12.6. The Morgan fingerprint density at radius 1 is 1.32 bits per heavy atom. The summed E-state index contributed by atoms with van der Waals surface area (Å²) >= 11 is 0. The van der Waals surface area contributed by atoms with Gasteiger partial charge in [0.2, 0.25) is 0 Å². The van der Waals surface area contributed by atoms with Crippen molar-refractivity contribution in [3.8, 4) is 0 Å². The van der Waals surface area contributed by atoms with Gasteiger partial charge in [0.25, 0.3) is 0 Å². The summed E-state index contributed by atoms with van der Waals surface area (Å²) in [5, 5.41) is 3.22. The minimum absolute atomic E-state index is 0.172. The van der Waals surface area contributed by atoms with Crippen LogP contribution in [-0.2, 0) is 6.42 Å². The van der Waals surface area contributed by atoms with E-state index in [4.69, 9.17) is 0 Å². The van der Waals surface area contributed by atoms with Crippen LogP contribution < -0.4 is 5.32 Å². The SMILES string of the molecule is CCCNc1ccc(F)cc1C.CCc1cnc[nH]1. The fourth-order valence-corrected chi connectivity index (χ4v) is 1.56. The molecule has 0 amide bonds. The molecular weight excluding hydrogens is 241 g/mol. The third kappa shape index (κ3) is 5.55. The second kappa shape index (κ2) is 8.29. The lowest BCUT2D eigenvalue weighted by molar-refractivity contribution is 0.627. The number of hydrogen-bond donors (Lipinski definition) is 2. The Morgan fingerprint density at radius 2 is 2.11 bits per heavy atom. The highest BCUT2D eigenvalue weighted by molar-refractivity contribution is 5.50. The van der Waals surface area contributed by atoms with Gasteiger partial charge in [0.15, 0.2) is 0 Å². The Bertz CT molecular complexity index is 466. The maximum absolute atomic E-state index is 12.6. The second-order valence-corrected chi connectivity index (χ2v) is 4.32. The Kier molecular flexibility index (Phi) is 6.64. The normalized spacial score (nSPS) is 9.68. The molecule has 1 heterocycles. The van der Waals surface area contributed by atoms with Crippen LogP contribution in [0, 0.1) is 12.7 Å². The van der Waals surface area contributed by atoms with Crippen LogP contribution in [0.2, 0.25) is 0 Å². The molecule has 2 N–H and O–H groups in total. The van der Waals surface area contributed by atoms with Gasteiger partial charge in [-0.25, -0.2) is 9.37 Å². The summed E-state index contributed by atoms with van der Waals surface area (Å²) in [5.74, 6) is -0.172. The quantitative estimate of drug-likeness (QED) is 0.877. The predicted molar refractivity (Wildman–Crippen MR) is 77.9 cm³/mol. The molecule has 0 unspecified atom stereocenters. The first-order valence-corrected chi connectivity index (χ1v) is 6.64. The lowest BCUT2D eigenvalue weighted by Crippen LogP contribution is -2.01. The van der Waals surface area contributed by atoms with Crippen LogP contribution in [0.1, 0.15) is 31.5 Å². The predicted octanol–water partition coefficient (Wildman–Crippen LogP) is 3.93. The summed E-state index contributed by atoms with van der Waals surface area (Å²) in [7, 11) is 0. The summed E-state index contributed by atoms with van der Waals surface area (Å²) in [6.07, 6.45) is 5.65. The number of aryl methyl sites for hydroxylation is 2. The Morgan fingerprint density at radius 3 is 2.58 bits per heavy atom. The number of imidazole rings is 1. The maximum atomic E-state index is 12.6. The van der Waals surface area contributed by atoms with Gasteiger partial charge in [0, 0.05) is 24.1 Å². The molecule has 0 aliphatic carbocycles. The van der Waals surface area contributed by atoms with E-state index in [-0.39, 0.29) is 5.82 Å². The zero-order valence-corrected chi connectivity index (χ0v) is 11.8. The van der Waals surface area contributed by atoms with Gasteiger partial charge in [-0.1, -0.05) is 13.8 Å². The highest BCUT2D eigenvalue weighted by Crippen LogP contribution is 2.15. The van der Waals surface area contributed by atoms with Crippen LogP contribution in [0.3, 0.4) is 0 Å². The van der Waals surface area contributed by atoms with Gasteiger partial charge < -0.3 is 10.3 Å². The molecule has 104 valence electrons. The van der Waals surface area contributed by atoms with E-state index in [9.17, 15) is 4.39 Å². The Balaban J connectivity index is 0.000000218. The van der Waals surface area contributed by atoms with Crippen LogP contribution in [-0.4, -0.2) is 16.5 Å². The van der Waals surface area contributed by atoms with Crippen LogP contribution >= 0.6 is 0 Å². The molecule has 1 aromatic heterocycles.